The van der Waals surface area contributed by atoms with Crippen molar-refractivity contribution in [3.8, 4) is 11.4 Å². The molecule has 4 heterocycles. The number of aromatic amines is 2. The minimum atomic E-state index is -0.371. The second-order valence-electron chi connectivity index (χ2n) is 7.68. The van der Waals surface area contributed by atoms with Crippen molar-refractivity contribution in [1.29, 1.82) is 0 Å². The standard InChI is InChI=1S/C21H20ClN5O3/c1-2-26-7-3-4-11(26)10-27-20(29)12-8-15-16(9-13(12)21(27)30)25-18(24-15)17-14(22)5-6-23-19(17)28/h5-6,8-9,11H,2-4,7,10H2,1H3,(H,23,28)(H,24,25). The first-order valence-electron chi connectivity index (χ1n) is 9.99. The Labute approximate surface area is 176 Å². The van der Waals surface area contributed by atoms with E-state index in [9.17, 15) is 14.4 Å². The van der Waals surface area contributed by atoms with E-state index < -0.39 is 0 Å². The van der Waals surface area contributed by atoms with Crippen LogP contribution in [0.3, 0.4) is 0 Å². The van der Waals surface area contributed by atoms with E-state index in [1.807, 2.05) is 0 Å². The number of likely N-dealkylation sites (tertiary alicyclic amines) is 1. The summed E-state index contributed by atoms with van der Waals surface area (Å²) in [5.41, 5.74) is 1.63. The molecule has 2 aliphatic heterocycles. The predicted octanol–water partition coefficient (Wildman–Crippen LogP) is 2.65. The fourth-order valence-electron chi connectivity index (χ4n) is 4.48. The first-order chi connectivity index (χ1) is 14.5. The van der Waals surface area contributed by atoms with Gasteiger partial charge in [0.05, 0.1) is 27.2 Å². The van der Waals surface area contributed by atoms with Gasteiger partial charge in [-0.15, -0.1) is 0 Å². The zero-order valence-corrected chi connectivity index (χ0v) is 17.1. The average molecular weight is 426 g/mol. The van der Waals surface area contributed by atoms with E-state index in [0.717, 1.165) is 25.9 Å². The predicted molar refractivity (Wildman–Crippen MR) is 113 cm³/mol. The second-order valence-corrected chi connectivity index (χ2v) is 8.08. The third-order valence-corrected chi connectivity index (χ3v) is 6.33. The Bertz CT molecular complexity index is 1190. The molecule has 0 aliphatic carbocycles. The van der Waals surface area contributed by atoms with E-state index in [1.54, 1.807) is 18.2 Å². The number of nitrogens with one attached hydrogen (secondary N) is 2. The Morgan fingerprint density at radius 3 is 2.70 bits per heavy atom. The lowest BCUT2D eigenvalue weighted by molar-refractivity contribution is 0.0611. The van der Waals surface area contributed by atoms with Gasteiger partial charge in [0.1, 0.15) is 11.4 Å². The summed E-state index contributed by atoms with van der Waals surface area (Å²) in [6.07, 6.45) is 3.53. The molecule has 2 aliphatic rings. The Hall–Kier alpha value is -2.97. The van der Waals surface area contributed by atoms with Crippen LogP contribution in [0.5, 0.6) is 0 Å². The van der Waals surface area contributed by atoms with E-state index in [0.29, 0.717) is 34.5 Å². The number of H-pyrrole nitrogens is 2. The average Bonchev–Trinajstić information content (AvgIpc) is 3.40. The molecule has 30 heavy (non-hydrogen) atoms. The Morgan fingerprint density at radius 1 is 1.20 bits per heavy atom. The monoisotopic (exact) mass is 425 g/mol. The lowest BCUT2D eigenvalue weighted by atomic mass is 10.1. The van der Waals surface area contributed by atoms with Crippen LogP contribution in [0.4, 0.5) is 0 Å². The maximum absolute atomic E-state index is 13.0. The number of amides is 2. The van der Waals surface area contributed by atoms with Crippen LogP contribution in [0, 0.1) is 0 Å². The molecule has 1 saturated heterocycles. The van der Waals surface area contributed by atoms with Crippen LogP contribution in [-0.2, 0) is 0 Å². The number of rotatable bonds is 4. The number of hydrogen-bond donors (Lipinski definition) is 2. The Kier molecular flexibility index (Phi) is 4.48. The van der Waals surface area contributed by atoms with Crippen molar-refractivity contribution in [2.75, 3.05) is 19.6 Å². The van der Waals surface area contributed by atoms with Crippen molar-refractivity contribution >= 4 is 34.4 Å². The third kappa shape index (κ3) is 2.86. The molecule has 0 radical (unpaired) electrons. The zero-order chi connectivity index (χ0) is 21.0. The molecule has 2 amide bonds. The van der Waals surface area contributed by atoms with Gasteiger partial charge in [-0.1, -0.05) is 18.5 Å². The van der Waals surface area contributed by atoms with Crippen molar-refractivity contribution in [3.63, 3.8) is 0 Å². The summed E-state index contributed by atoms with van der Waals surface area (Å²) in [5, 5.41) is 0.265. The van der Waals surface area contributed by atoms with Crippen molar-refractivity contribution in [1.82, 2.24) is 24.8 Å². The van der Waals surface area contributed by atoms with Gasteiger partial charge in [0, 0.05) is 18.8 Å². The summed E-state index contributed by atoms with van der Waals surface area (Å²) in [4.78, 5) is 51.9. The zero-order valence-electron chi connectivity index (χ0n) is 16.4. The lowest BCUT2D eigenvalue weighted by Gasteiger charge is -2.26. The lowest BCUT2D eigenvalue weighted by Crippen LogP contribution is -2.42. The van der Waals surface area contributed by atoms with Crippen molar-refractivity contribution < 1.29 is 9.59 Å². The van der Waals surface area contributed by atoms with Gasteiger partial charge < -0.3 is 9.97 Å². The summed E-state index contributed by atoms with van der Waals surface area (Å²) >= 11 is 6.16. The van der Waals surface area contributed by atoms with Crippen LogP contribution in [0.15, 0.2) is 29.2 Å². The largest absolute Gasteiger partial charge is 0.338 e. The molecule has 3 aromatic rings. The highest BCUT2D eigenvalue weighted by atomic mass is 35.5. The van der Waals surface area contributed by atoms with Crippen molar-refractivity contribution in [2.45, 2.75) is 25.8 Å². The number of nitrogens with zero attached hydrogens (tertiary/aromatic N) is 3. The van der Waals surface area contributed by atoms with Crippen LogP contribution < -0.4 is 5.56 Å². The molecule has 1 aromatic carbocycles. The highest BCUT2D eigenvalue weighted by Gasteiger charge is 2.39. The molecule has 8 nitrogen and oxygen atoms in total. The van der Waals surface area contributed by atoms with Gasteiger partial charge in [-0.2, -0.15) is 0 Å². The summed E-state index contributed by atoms with van der Waals surface area (Å²) in [6.45, 7) is 4.41. The molecule has 2 N–H and O–H groups in total. The number of carbonyl (C=O) groups is 2. The van der Waals surface area contributed by atoms with E-state index >= 15 is 0 Å². The van der Waals surface area contributed by atoms with Gasteiger partial charge >= 0.3 is 0 Å². The van der Waals surface area contributed by atoms with Gasteiger partial charge in [0.15, 0.2) is 0 Å². The smallest absolute Gasteiger partial charge is 0.261 e. The van der Waals surface area contributed by atoms with Crippen LogP contribution in [0.25, 0.3) is 22.4 Å². The highest BCUT2D eigenvalue weighted by molar-refractivity contribution is 6.33. The minimum Gasteiger partial charge on any atom is -0.338 e. The Morgan fingerprint density at radius 2 is 1.97 bits per heavy atom. The normalized spacial score (nSPS) is 19.3. The fraction of sp³-hybridized carbons (Fsp3) is 0.333. The number of pyridine rings is 1. The SMILES string of the molecule is CCN1CCCC1CN1C(=O)c2cc3nc(-c4c(Cl)cc[nH]c4=O)[nH]c3cc2C1=O. The van der Waals surface area contributed by atoms with Gasteiger partial charge in [0.25, 0.3) is 17.4 Å². The summed E-state index contributed by atoms with van der Waals surface area (Å²) < 4.78 is 0. The van der Waals surface area contributed by atoms with Gasteiger partial charge in [-0.05, 0) is 44.1 Å². The molecular formula is C21H20ClN5O3. The first kappa shape index (κ1) is 19.0. The molecule has 0 bridgehead atoms. The molecule has 0 saturated carbocycles. The van der Waals surface area contributed by atoms with Gasteiger partial charge in [-0.25, -0.2) is 4.98 Å². The van der Waals surface area contributed by atoms with Crippen molar-refractivity contribution in [3.05, 3.63) is 50.9 Å². The van der Waals surface area contributed by atoms with Crippen LogP contribution in [0.2, 0.25) is 5.02 Å². The number of benzene rings is 1. The quantitative estimate of drug-likeness (QED) is 0.625. The van der Waals surface area contributed by atoms with Crippen LogP contribution in [-0.4, -0.2) is 62.2 Å². The number of hydrogen-bond acceptors (Lipinski definition) is 5. The van der Waals surface area contributed by atoms with E-state index in [-0.39, 0.29) is 34.0 Å². The molecule has 0 spiro atoms. The fourth-order valence-corrected chi connectivity index (χ4v) is 4.72. The summed E-state index contributed by atoms with van der Waals surface area (Å²) in [7, 11) is 0. The van der Waals surface area contributed by atoms with Crippen LogP contribution in [0.1, 0.15) is 40.5 Å². The van der Waals surface area contributed by atoms with Crippen LogP contribution >= 0.6 is 11.6 Å². The maximum Gasteiger partial charge on any atom is 0.261 e. The summed E-state index contributed by atoms with van der Waals surface area (Å²) in [6, 6.07) is 5.03. The maximum atomic E-state index is 13.0. The first-order valence-corrected chi connectivity index (χ1v) is 10.4. The number of imidazole rings is 1. The second kappa shape index (κ2) is 7.07. The van der Waals surface area contributed by atoms with E-state index in [4.69, 9.17) is 11.6 Å². The van der Waals surface area contributed by atoms with Crippen molar-refractivity contribution in [2.24, 2.45) is 0 Å². The Balaban J connectivity index is 1.51. The molecule has 5 rings (SSSR count). The van der Waals surface area contributed by atoms with E-state index in [2.05, 4.69) is 26.8 Å². The molecule has 1 unspecified atom stereocenters. The minimum absolute atomic E-state index is 0.207. The third-order valence-electron chi connectivity index (χ3n) is 6.02. The molecule has 1 atom stereocenters. The summed E-state index contributed by atoms with van der Waals surface area (Å²) in [5.74, 6) is -0.284. The van der Waals surface area contributed by atoms with Gasteiger partial charge in [0.2, 0.25) is 0 Å². The topological polar surface area (TPSA) is 102 Å². The number of halogens is 1. The molecular weight excluding hydrogens is 406 g/mol. The number of carbonyl (C=O) groups excluding carboxylic acids is 2. The number of fused-ring (bicyclic) bond motifs is 2. The molecule has 9 heteroatoms. The molecule has 2 aromatic heterocycles. The molecule has 1 fully saturated rings. The molecule has 154 valence electrons. The van der Waals surface area contributed by atoms with Gasteiger partial charge in [-0.3, -0.25) is 24.2 Å². The number of imide groups is 1. The van der Waals surface area contributed by atoms with E-state index in [1.165, 1.54) is 11.1 Å². The number of likely N-dealkylation sites (N-methyl/N-ethyl adjacent to an activating group) is 1. The highest BCUT2D eigenvalue weighted by Crippen LogP contribution is 2.31. The number of aromatic nitrogens is 3.